The Morgan fingerprint density at radius 1 is 0.529 bits per heavy atom. The van der Waals surface area contributed by atoms with Crippen molar-refractivity contribution < 1.29 is 59.0 Å². The monoisotopic (exact) mass is 988 g/mol. The second kappa shape index (κ2) is 43.1. The zero-order chi connectivity index (χ0) is 50.1. The summed E-state index contributed by atoms with van der Waals surface area (Å²) in [5.74, 6) is -0.599. The van der Waals surface area contributed by atoms with E-state index in [9.17, 15) is 50.0 Å². The SMILES string of the molecule is CCCCCCCCCCC/C=C\C/C=C\CCCCCCCC(O)CC(=O)NC(COP(=O)(O)OC1C(O)C(O)C(O)C(O)C1O)C(O)/C=C/CCCCCCCCCCCCCCCCC. The van der Waals surface area contributed by atoms with E-state index in [1.165, 1.54) is 147 Å². The molecule has 13 nitrogen and oxygen atoms in total. The van der Waals surface area contributed by atoms with Crippen molar-refractivity contribution in [2.24, 2.45) is 0 Å². The largest absolute Gasteiger partial charge is 0.472 e. The minimum atomic E-state index is -5.15. The predicted molar refractivity (Wildman–Crippen MR) is 275 cm³/mol. The number of hydrogen-bond donors (Lipinski definition) is 9. The maximum Gasteiger partial charge on any atom is 0.472 e. The van der Waals surface area contributed by atoms with E-state index < -0.39 is 75.2 Å². The lowest BCUT2D eigenvalue weighted by Crippen LogP contribution is -2.64. The van der Waals surface area contributed by atoms with Crippen molar-refractivity contribution in [1.29, 1.82) is 0 Å². The van der Waals surface area contributed by atoms with Gasteiger partial charge in [-0.05, 0) is 51.4 Å². The van der Waals surface area contributed by atoms with Gasteiger partial charge in [0.2, 0.25) is 5.91 Å². The summed E-state index contributed by atoms with van der Waals surface area (Å²) in [4.78, 5) is 23.6. The quantitative estimate of drug-likeness (QED) is 0.0158. The summed E-state index contributed by atoms with van der Waals surface area (Å²) in [7, 11) is -5.15. The van der Waals surface area contributed by atoms with Gasteiger partial charge in [0, 0.05) is 0 Å². The number of amides is 1. The molecule has 1 saturated carbocycles. The lowest BCUT2D eigenvalue weighted by molar-refractivity contribution is -0.220. The first-order valence-electron chi connectivity index (χ1n) is 27.5. The maximum absolute atomic E-state index is 13.1. The van der Waals surface area contributed by atoms with Crippen LogP contribution in [0.4, 0.5) is 0 Å². The topological polar surface area (TPSA) is 226 Å². The van der Waals surface area contributed by atoms with Gasteiger partial charge >= 0.3 is 7.82 Å². The number of aliphatic hydroxyl groups is 7. The Kier molecular flexibility index (Phi) is 40.9. The number of hydrogen-bond acceptors (Lipinski definition) is 11. The zero-order valence-corrected chi connectivity index (χ0v) is 43.7. The normalized spacial score (nSPS) is 22.3. The second-order valence-electron chi connectivity index (χ2n) is 19.6. The molecule has 9 N–H and O–H groups in total. The minimum Gasteiger partial charge on any atom is -0.393 e. The molecule has 8 unspecified atom stereocenters. The Hall–Kier alpha value is -1.48. The molecule has 0 bridgehead atoms. The predicted octanol–water partition coefficient (Wildman–Crippen LogP) is 10.9. The third-order valence-corrected chi connectivity index (χ3v) is 14.2. The van der Waals surface area contributed by atoms with Crippen molar-refractivity contribution in [3.63, 3.8) is 0 Å². The van der Waals surface area contributed by atoms with Crippen LogP contribution in [0.1, 0.15) is 239 Å². The Labute approximate surface area is 413 Å². The number of phosphoric acid groups is 1. The third-order valence-electron chi connectivity index (χ3n) is 13.2. The molecule has 400 valence electrons. The number of unbranched alkanes of at least 4 members (excludes halogenated alkanes) is 29. The molecule has 1 rings (SSSR count). The van der Waals surface area contributed by atoms with Gasteiger partial charge in [0.25, 0.3) is 0 Å². The van der Waals surface area contributed by atoms with Crippen LogP contribution in [0.5, 0.6) is 0 Å². The van der Waals surface area contributed by atoms with E-state index in [2.05, 4.69) is 43.5 Å². The van der Waals surface area contributed by atoms with E-state index in [0.717, 1.165) is 64.2 Å². The second-order valence-corrected chi connectivity index (χ2v) is 21.0. The Balaban J connectivity index is 2.46. The van der Waals surface area contributed by atoms with Crippen molar-refractivity contribution >= 4 is 13.7 Å². The molecule has 1 aliphatic carbocycles. The zero-order valence-electron chi connectivity index (χ0n) is 42.8. The average Bonchev–Trinajstić information content (AvgIpc) is 3.31. The summed E-state index contributed by atoms with van der Waals surface area (Å²) >= 11 is 0. The van der Waals surface area contributed by atoms with E-state index in [1.807, 2.05) is 0 Å². The van der Waals surface area contributed by atoms with Gasteiger partial charge in [0.15, 0.2) is 0 Å². The van der Waals surface area contributed by atoms with Gasteiger partial charge in [-0.3, -0.25) is 13.8 Å². The molecule has 0 aliphatic heterocycles. The summed E-state index contributed by atoms with van der Waals surface area (Å²) in [5.41, 5.74) is 0. The van der Waals surface area contributed by atoms with E-state index in [4.69, 9.17) is 9.05 Å². The summed E-state index contributed by atoms with van der Waals surface area (Å²) < 4.78 is 23.0. The van der Waals surface area contributed by atoms with Gasteiger partial charge in [-0.15, -0.1) is 0 Å². The molecule has 0 aromatic rings. The van der Waals surface area contributed by atoms with Crippen LogP contribution >= 0.6 is 7.82 Å². The van der Waals surface area contributed by atoms with Crippen molar-refractivity contribution in [2.75, 3.05) is 6.61 Å². The van der Waals surface area contributed by atoms with Gasteiger partial charge in [0.05, 0.1) is 31.3 Å². The standard InChI is InChI=1S/C54H102NO12P/c1-3-5-7-9-11-13-15-17-19-21-22-23-24-26-27-29-31-33-35-37-39-41-45(56)43-48(58)55-46(44-66-68(64,65)67-54-52(62)50(60)49(59)51(61)53(54)63)47(57)42-40-38-36-34-32-30-28-25-20-18-16-14-12-10-8-6-4-2/h22-23,26-27,40,42,45-47,49-54,56-57,59-63H,3-21,24-25,28-39,41,43-44H2,1-2H3,(H,55,58)(H,64,65)/b23-22-,27-26-,42-40+. The number of phosphoric ester groups is 1. The molecule has 8 atom stereocenters. The first-order valence-corrected chi connectivity index (χ1v) is 29.0. The Morgan fingerprint density at radius 2 is 0.897 bits per heavy atom. The van der Waals surface area contributed by atoms with Crippen LogP contribution in [-0.4, -0.2) is 108 Å². The summed E-state index contributed by atoms with van der Waals surface area (Å²) in [5, 5.41) is 74.8. The molecule has 0 spiro atoms. The van der Waals surface area contributed by atoms with Crippen LogP contribution in [0.25, 0.3) is 0 Å². The highest BCUT2D eigenvalue weighted by atomic mass is 31.2. The van der Waals surface area contributed by atoms with Gasteiger partial charge < -0.3 is 46.0 Å². The molecule has 1 aliphatic rings. The third kappa shape index (κ3) is 34.0. The summed E-state index contributed by atoms with van der Waals surface area (Å²) in [6.07, 6.45) is 37.9. The van der Waals surface area contributed by atoms with Crippen molar-refractivity contribution in [3.8, 4) is 0 Å². The highest BCUT2D eigenvalue weighted by Crippen LogP contribution is 2.47. The Bertz CT molecular complexity index is 1300. The van der Waals surface area contributed by atoms with Crippen LogP contribution in [0.15, 0.2) is 36.5 Å². The fourth-order valence-electron chi connectivity index (χ4n) is 8.74. The molecule has 0 saturated heterocycles. The highest BCUT2D eigenvalue weighted by molar-refractivity contribution is 7.47. The summed E-state index contributed by atoms with van der Waals surface area (Å²) in [6, 6.07) is -1.25. The molecular formula is C54H102NO12P. The summed E-state index contributed by atoms with van der Waals surface area (Å²) in [6.45, 7) is 3.77. The van der Waals surface area contributed by atoms with Gasteiger partial charge in [0.1, 0.15) is 36.6 Å². The van der Waals surface area contributed by atoms with Crippen LogP contribution < -0.4 is 5.32 Å². The maximum atomic E-state index is 13.1. The number of rotatable bonds is 46. The van der Waals surface area contributed by atoms with E-state index >= 15 is 0 Å². The lowest BCUT2D eigenvalue weighted by Gasteiger charge is -2.41. The number of aliphatic hydroxyl groups excluding tert-OH is 7. The molecule has 0 aromatic heterocycles. The van der Waals surface area contributed by atoms with Gasteiger partial charge in [-0.25, -0.2) is 4.57 Å². The van der Waals surface area contributed by atoms with Gasteiger partial charge in [-0.1, -0.05) is 217 Å². The van der Waals surface area contributed by atoms with Crippen molar-refractivity contribution in [3.05, 3.63) is 36.5 Å². The van der Waals surface area contributed by atoms with E-state index in [1.54, 1.807) is 6.08 Å². The number of nitrogens with one attached hydrogen (secondary N) is 1. The van der Waals surface area contributed by atoms with Crippen LogP contribution in [-0.2, 0) is 18.4 Å². The Morgan fingerprint density at radius 3 is 1.32 bits per heavy atom. The molecule has 1 amide bonds. The van der Waals surface area contributed by atoms with E-state index in [0.29, 0.717) is 12.8 Å². The molecular weight excluding hydrogens is 886 g/mol. The molecule has 0 heterocycles. The molecule has 14 heteroatoms. The number of allylic oxidation sites excluding steroid dienone is 5. The molecule has 0 radical (unpaired) electrons. The van der Waals surface area contributed by atoms with Crippen LogP contribution in [0, 0.1) is 0 Å². The molecule has 0 aromatic carbocycles. The van der Waals surface area contributed by atoms with Gasteiger partial charge in [-0.2, -0.15) is 0 Å². The fraction of sp³-hybridized carbons (Fsp3) is 0.870. The van der Waals surface area contributed by atoms with Crippen LogP contribution in [0.2, 0.25) is 0 Å². The number of carbonyl (C=O) groups is 1. The molecule has 1 fully saturated rings. The lowest BCUT2D eigenvalue weighted by atomic mass is 9.85. The molecule has 68 heavy (non-hydrogen) atoms. The van der Waals surface area contributed by atoms with Crippen molar-refractivity contribution in [2.45, 2.75) is 293 Å². The van der Waals surface area contributed by atoms with Crippen LogP contribution in [0.3, 0.4) is 0 Å². The van der Waals surface area contributed by atoms with Crippen molar-refractivity contribution in [1.82, 2.24) is 5.32 Å². The first kappa shape index (κ1) is 64.5. The smallest absolute Gasteiger partial charge is 0.393 e. The number of carbonyl (C=O) groups excluding carboxylic acids is 1. The first-order chi connectivity index (χ1) is 32.8. The fourth-order valence-corrected chi connectivity index (χ4v) is 9.71. The average molecular weight is 988 g/mol. The van der Waals surface area contributed by atoms with E-state index in [-0.39, 0.29) is 6.42 Å². The minimum absolute atomic E-state index is 0.254. The highest BCUT2D eigenvalue weighted by Gasteiger charge is 2.51.